The molecule has 9 heteroatoms. The standard InChI is InChI=1S/C29H38N2O7/c1-5-16-30(20-10-12-21(36-4)13-11-20)26(34)24-29-15-14-28(7-3,38-29)23(27(35)37-19-6-2)22(29)25(33)31(24)17-8-9-18-32/h5-6,10-13,22-24,32H,1-2,7-9,14-19H2,3-4H3/t22-,23+,24?,28-,29?/m0/s1. The van der Waals surface area contributed by atoms with E-state index in [1.807, 2.05) is 6.92 Å². The van der Waals surface area contributed by atoms with Crippen LogP contribution >= 0.6 is 0 Å². The van der Waals surface area contributed by atoms with E-state index in [0.717, 1.165) is 0 Å². The highest BCUT2D eigenvalue weighted by molar-refractivity contribution is 6.04. The second kappa shape index (κ2) is 11.3. The summed E-state index contributed by atoms with van der Waals surface area (Å²) in [5, 5.41) is 9.36. The summed E-state index contributed by atoms with van der Waals surface area (Å²) in [4.78, 5) is 45.0. The average Bonchev–Trinajstić information content (AvgIpc) is 3.54. The lowest BCUT2D eigenvalue weighted by molar-refractivity contribution is -0.159. The molecule has 2 bridgehead atoms. The number of methoxy groups -OCH3 is 1. The molecule has 3 heterocycles. The number of ether oxygens (including phenoxy) is 3. The van der Waals surface area contributed by atoms with Gasteiger partial charge in [0.25, 0.3) is 5.91 Å². The molecule has 0 aliphatic carbocycles. The summed E-state index contributed by atoms with van der Waals surface area (Å²) in [6.45, 7) is 9.92. The first-order chi connectivity index (χ1) is 18.3. The van der Waals surface area contributed by atoms with Crippen LogP contribution in [0.2, 0.25) is 0 Å². The third-order valence-electron chi connectivity index (χ3n) is 8.28. The van der Waals surface area contributed by atoms with Crippen molar-refractivity contribution in [1.82, 2.24) is 4.90 Å². The number of rotatable bonds is 13. The Balaban J connectivity index is 1.78. The minimum absolute atomic E-state index is 0.0183. The van der Waals surface area contributed by atoms with Gasteiger partial charge in [-0.1, -0.05) is 25.7 Å². The van der Waals surface area contributed by atoms with Gasteiger partial charge < -0.3 is 29.1 Å². The number of aliphatic hydroxyl groups is 1. The third-order valence-corrected chi connectivity index (χ3v) is 8.28. The van der Waals surface area contributed by atoms with E-state index in [-0.39, 0.29) is 38.1 Å². The number of hydrogen-bond acceptors (Lipinski definition) is 7. The fraction of sp³-hybridized carbons (Fsp3) is 0.552. The van der Waals surface area contributed by atoms with Gasteiger partial charge in [-0.3, -0.25) is 14.4 Å². The molecule has 0 radical (unpaired) electrons. The number of benzene rings is 1. The van der Waals surface area contributed by atoms with Gasteiger partial charge in [-0.25, -0.2) is 0 Å². The van der Waals surface area contributed by atoms with Gasteiger partial charge in [0.15, 0.2) is 0 Å². The van der Waals surface area contributed by atoms with Crippen LogP contribution in [0.25, 0.3) is 0 Å². The van der Waals surface area contributed by atoms with Crippen molar-refractivity contribution in [2.75, 3.05) is 38.3 Å². The molecule has 0 aromatic heterocycles. The molecule has 3 aliphatic rings. The van der Waals surface area contributed by atoms with Gasteiger partial charge in [0, 0.05) is 25.4 Å². The van der Waals surface area contributed by atoms with Crippen LogP contribution in [0, 0.1) is 11.8 Å². The second-order valence-corrected chi connectivity index (χ2v) is 10.1. The highest BCUT2D eigenvalue weighted by Crippen LogP contribution is 2.64. The number of fused-ring (bicyclic) bond motifs is 1. The van der Waals surface area contributed by atoms with E-state index >= 15 is 0 Å². The van der Waals surface area contributed by atoms with Gasteiger partial charge in [-0.05, 0) is 56.4 Å². The highest BCUT2D eigenvalue weighted by atomic mass is 16.6. The van der Waals surface area contributed by atoms with Crippen molar-refractivity contribution in [2.24, 2.45) is 11.8 Å². The summed E-state index contributed by atoms with van der Waals surface area (Å²) in [7, 11) is 1.57. The molecule has 1 spiro atoms. The summed E-state index contributed by atoms with van der Waals surface area (Å²) >= 11 is 0. The fourth-order valence-electron chi connectivity index (χ4n) is 6.58. The summed E-state index contributed by atoms with van der Waals surface area (Å²) in [6, 6.07) is 6.20. The monoisotopic (exact) mass is 526 g/mol. The molecule has 3 saturated heterocycles. The average molecular weight is 527 g/mol. The topological polar surface area (TPSA) is 106 Å². The van der Waals surface area contributed by atoms with E-state index in [1.165, 1.54) is 6.08 Å². The number of likely N-dealkylation sites (tertiary alicyclic amines) is 1. The van der Waals surface area contributed by atoms with Crippen LogP contribution in [-0.2, 0) is 23.9 Å². The van der Waals surface area contributed by atoms with Crippen LogP contribution in [0.5, 0.6) is 5.75 Å². The normalized spacial score (nSPS) is 29.2. The SMILES string of the molecule is C=CCOC(=O)[C@H]1[C@H]2C(=O)N(CCCCO)C(C(=O)N(CC=C)c3ccc(OC)cc3)C23CC[C@]1(CC)O3. The number of anilines is 1. The maximum atomic E-state index is 14.4. The number of esters is 1. The zero-order chi connectivity index (χ0) is 27.5. The van der Waals surface area contributed by atoms with E-state index in [1.54, 1.807) is 47.3 Å². The van der Waals surface area contributed by atoms with Gasteiger partial charge in [0.05, 0.1) is 18.6 Å². The van der Waals surface area contributed by atoms with Crippen molar-refractivity contribution in [1.29, 1.82) is 0 Å². The van der Waals surface area contributed by atoms with Gasteiger partial charge >= 0.3 is 5.97 Å². The molecule has 4 rings (SSSR count). The van der Waals surface area contributed by atoms with Crippen LogP contribution in [-0.4, -0.2) is 78.4 Å². The first kappa shape index (κ1) is 27.9. The Morgan fingerprint density at radius 3 is 2.55 bits per heavy atom. The van der Waals surface area contributed by atoms with E-state index < -0.39 is 35.0 Å². The van der Waals surface area contributed by atoms with Gasteiger partial charge in [-0.2, -0.15) is 0 Å². The quantitative estimate of drug-likeness (QED) is 0.239. The van der Waals surface area contributed by atoms with Crippen LogP contribution < -0.4 is 9.64 Å². The molecule has 3 aliphatic heterocycles. The molecule has 9 nitrogen and oxygen atoms in total. The first-order valence-corrected chi connectivity index (χ1v) is 13.3. The van der Waals surface area contributed by atoms with E-state index in [9.17, 15) is 19.5 Å². The maximum Gasteiger partial charge on any atom is 0.313 e. The van der Waals surface area contributed by atoms with E-state index in [4.69, 9.17) is 14.2 Å². The van der Waals surface area contributed by atoms with Crippen molar-refractivity contribution in [3.8, 4) is 5.75 Å². The van der Waals surface area contributed by atoms with Crippen LogP contribution in [0.3, 0.4) is 0 Å². The van der Waals surface area contributed by atoms with Crippen LogP contribution in [0.1, 0.15) is 39.0 Å². The lowest BCUT2D eigenvalue weighted by Gasteiger charge is -2.37. The largest absolute Gasteiger partial charge is 0.497 e. The van der Waals surface area contributed by atoms with E-state index in [0.29, 0.717) is 43.5 Å². The summed E-state index contributed by atoms with van der Waals surface area (Å²) in [5.41, 5.74) is -1.37. The fourth-order valence-corrected chi connectivity index (χ4v) is 6.58. The Kier molecular flexibility index (Phi) is 8.28. The number of aliphatic hydroxyl groups excluding tert-OH is 1. The predicted molar refractivity (Wildman–Crippen MR) is 142 cm³/mol. The number of carbonyl (C=O) groups excluding carboxylic acids is 3. The lowest BCUT2D eigenvalue weighted by atomic mass is 9.65. The smallest absolute Gasteiger partial charge is 0.313 e. The van der Waals surface area contributed by atoms with Crippen molar-refractivity contribution in [3.05, 3.63) is 49.6 Å². The molecule has 1 aromatic rings. The van der Waals surface area contributed by atoms with Crippen molar-refractivity contribution in [3.63, 3.8) is 0 Å². The molecule has 2 amide bonds. The minimum Gasteiger partial charge on any atom is -0.497 e. The predicted octanol–water partition coefficient (Wildman–Crippen LogP) is 2.87. The number of carbonyl (C=O) groups is 3. The zero-order valence-corrected chi connectivity index (χ0v) is 22.3. The van der Waals surface area contributed by atoms with Crippen LogP contribution in [0.15, 0.2) is 49.6 Å². The number of nitrogens with zero attached hydrogens (tertiary/aromatic N) is 2. The maximum absolute atomic E-state index is 14.4. The minimum atomic E-state index is -1.15. The second-order valence-electron chi connectivity index (χ2n) is 10.1. The molecular formula is C29H38N2O7. The zero-order valence-electron chi connectivity index (χ0n) is 22.3. The summed E-state index contributed by atoms with van der Waals surface area (Å²) < 4.78 is 17.5. The number of amides is 2. The molecule has 5 atom stereocenters. The first-order valence-electron chi connectivity index (χ1n) is 13.3. The summed E-state index contributed by atoms with van der Waals surface area (Å²) in [5.74, 6) is -2.03. The molecule has 1 N–H and O–H groups in total. The van der Waals surface area contributed by atoms with Crippen LogP contribution in [0.4, 0.5) is 5.69 Å². The molecule has 206 valence electrons. The van der Waals surface area contributed by atoms with Crippen molar-refractivity contribution >= 4 is 23.5 Å². The van der Waals surface area contributed by atoms with Gasteiger partial charge in [0.2, 0.25) is 5.91 Å². The Morgan fingerprint density at radius 2 is 1.95 bits per heavy atom. The summed E-state index contributed by atoms with van der Waals surface area (Å²) in [6.07, 6.45) is 5.70. The Labute approximate surface area is 224 Å². The van der Waals surface area contributed by atoms with Gasteiger partial charge in [0.1, 0.15) is 29.9 Å². The van der Waals surface area contributed by atoms with Crippen molar-refractivity contribution < 1.29 is 33.7 Å². The van der Waals surface area contributed by atoms with E-state index in [2.05, 4.69) is 13.2 Å². The third kappa shape index (κ3) is 4.41. The lowest BCUT2D eigenvalue weighted by Crippen LogP contribution is -2.56. The molecule has 2 unspecified atom stereocenters. The highest BCUT2D eigenvalue weighted by Gasteiger charge is 2.79. The number of unbranched alkanes of at least 4 members (excludes halogenated alkanes) is 1. The molecule has 0 saturated carbocycles. The molecule has 3 fully saturated rings. The Bertz CT molecular complexity index is 1070. The van der Waals surface area contributed by atoms with Gasteiger partial charge in [-0.15, -0.1) is 6.58 Å². The Hall–Kier alpha value is -3.17. The molecule has 1 aromatic carbocycles. The molecule has 38 heavy (non-hydrogen) atoms. The molecular weight excluding hydrogens is 488 g/mol. The Morgan fingerprint density at radius 1 is 1.21 bits per heavy atom. The number of hydrogen-bond donors (Lipinski definition) is 1. The van der Waals surface area contributed by atoms with Crippen molar-refractivity contribution in [2.45, 2.75) is 56.3 Å².